The van der Waals surface area contributed by atoms with Crippen LogP contribution in [0, 0.1) is 11.8 Å². The molecule has 34 heavy (non-hydrogen) atoms. The number of imidazole rings is 1. The van der Waals surface area contributed by atoms with Gasteiger partial charge in [0, 0.05) is 31.7 Å². The Morgan fingerprint density at radius 3 is 2.26 bits per heavy atom. The molecule has 0 radical (unpaired) electrons. The summed E-state index contributed by atoms with van der Waals surface area (Å²) in [6.07, 6.45) is -0.373. The maximum Gasteiger partial charge on any atom is 0.410 e. The van der Waals surface area contributed by atoms with Crippen LogP contribution in [0.3, 0.4) is 0 Å². The number of esters is 1. The van der Waals surface area contributed by atoms with Crippen molar-refractivity contribution in [2.75, 3.05) is 38.2 Å². The number of ketones is 1. The van der Waals surface area contributed by atoms with E-state index < -0.39 is 11.6 Å². The van der Waals surface area contributed by atoms with Crippen molar-refractivity contribution in [2.24, 2.45) is 0 Å². The predicted octanol–water partition coefficient (Wildman–Crippen LogP) is 2.98. The molecule has 0 N–H and O–H groups in total. The number of rotatable bonds is 5. The van der Waals surface area contributed by atoms with Gasteiger partial charge in [-0.2, -0.15) is 0 Å². The van der Waals surface area contributed by atoms with Gasteiger partial charge in [0.2, 0.25) is 11.7 Å². The van der Waals surface area contributed by atoms with Crippen molar-refractivity contribution >= 4 is 23.8 Å². The number of anilines is 1. The number of carbonyl (C=O) groups is 3. The first-order chi connectivity index (χ1) is 16.2. The summed E-state index contributed by atoms with van der Waals surface area (Å²) in [6, 6.07) is 8.66. The Balaban J connectivity index is 1.96. The summed E-state index contributed by atoms with van der Waals surface area (Å²) in [5.74, 6) is 5.17. The van der Waals surface area contributed by atoms with Crippen molar-refractivity contribution in [2.45, 2.75) is 39.8 Å². The van der Waals surface area contributed by atoms with Gasteiger partial charge in [0.1, 0.15) is 11.3 Å². The second-order valence-electron chi connectivity index (χ2n) is 8.76. The van der Waals surface area contributed by atoms with E-state index in [2.05, 4.69) is 16.8 Å². The molecule has 2 aromatic rings. The number of nitrogens with zero attached hydrogens (tertiary/aromatic N) is 4. The standard InChI is InChI=1S/C25H30N4O5/c1-6-7-13-29-20(22(31)33-5)19(21(30)18-11-9-8-10-12-18)26-23(29)27-14-16-28(17-15-27)24(32)34-25(2,3)4/h8-12H,13-17H2,1-5H3. The average Bonchev–Trinajstić information content (AvgIpc) is 3.20. The van der Waals surface area contributed by atoms with Gasteiger partial charge in [-0.3, -0.25) is 9.36 Å². The molecule has 1 aliphatic heterocycles. The molecule has 0 atom stereocenters. The molecule has 1 aromatic heterocycles. The van der Waals surface area contributed by atoms with Crippen LogP contribution in [0.5, 0.6) is 0 Å². The Labute approximate surface area is 199 Å². The van der Waals surface area contributed by atoms with Gasteiger partial charge in [-0.25, -0.2) is 14.6 Å². The number of methoxy groups -OCH3 is 1. The van der Waals surface area contributed by atoms with Crippen LogP contribution in [0.25, 0.3) is 0 Å². The van der Waals surface area contributed by atoms with Crippen LogP contribution in [0.4, 0.5) is 10.7 Å². The molecule has 1 saturated heterocycles. The minimum Gasteiger partial charge on any atom is -0.464 e. The first kappa shape index (κ1) is 24.8. The lowest BCUT2D eigenvalue weighted by Gasteiger charge is -2.36. The Kier molecular flexibility index (Phi) is 7.61. The first-order valence-corrected chi connectivity index (χ1v) is 11.1. The Morgan fingerprint density at radius 1 is 1.06 bits per heavy atom. The molecule has 0 unspecified atom stereocenters. The highest BCUT2D eigenvalue weighted by Gasteiger charge is 2.33. The van der Waals surface area contributed by atoms with E-state index in [1.54, 1.807) is 40.7 Å². The summed E-state index contributed by atoms with van der Waals surface area (Å²) in [5.41, 5.74) is -0.0878. The molecule has 1 aromatic carbocycles. The molecule has 0 bridgehead atoms. The maximum absolute atomic E-state index is 13.3. The van der Waals surface area contributed by atoms with Crippen molar-refractivity contribution in [3.05, 3.63) is 47.3 Å². The SMILES string of the molecule is CC#CCn1c(N2CCN(C(=O)OC(C)(C)C)CC2)nc(C(=O)c2ccccc2)c1C(=O)OC. The lowest BCUT2D eigenvalue weighted by molar-refractivity contribution is 0.0240. The molecular weight excluding hydrogens is 436 g/mol. The van der Waals surface area contributed by atoms with Crippen molar-refractivity contribution in [1.82, 2.24) is 14.5 Å². The summed E-state index contributed by atoms with van der Waals surface area (Å²) in [5, 5.41) is 0. The van der Waals surface area contributed by atoms with Crippen molar-refractivity contribution < 1.29 is 23.9 Å². The Morgan fingerprint density at radius 2 is 1.71 bits per heavy atom. The van der Waals surface area contributed by atoms with E-state index >= 15 is 0 Å². The number of ether oxygens (including phenoxy) is 2. The minimum absolute atomic E-state index is 0.0144. The predicted molar refractivity (Wildman–Crippen MR) is 127 cm³/mol. The molecule has 1 fully saturated rings. The van der Waals surface area contributed by atoms with Crippen molar-refractivity contribution in [3.63, 3.8) is 0 Å². The van der Waals surface area contributed by atoms with Gasteiger partial charge in [0.25, 0.3) is 0 Å². The summed E-state index contributed by atoms with van der Waals surface area (Å²) in [6.45, 7) is 9.07. The zero-order valence-corrected chi connectivity index (χ0v) is 20.3. The smallest absolute Gasteiger partial charge is 0.410 e. The maximum atomic E-state index is 13.3. The molecule has 0 spiro atoms. The monoisotopic (exact) mass is 466 g/mol. The fourth-order valence-electron chi connectivity index (χ4n) is 3.59. The molecule has 180 valence electrons. The van der Waals surface area contributed by atoms with Gasteiger partial charge in [0.05, 0.1) is 13.7 Å². The number of amides is 1. The summed E-state index contributed by atoms with van der Waals surface area (Å²) in [7, 11) is 1.27. The van der Waals surface area contributed by atoms with Crippen LogP contribution in [-0.2, 0) is 16.0 Å². The number of aromatic nitrogens is 2. The van der Waals surface area contributed by atoms with Crippen molar-refractivity contribution in [1.29, 1.82) is 0 Å². The minimum atomic E-state index is -0.664. The van der Waals surface area contributed by atoms with Crippen LogP contribution in [0.15, 0.2) is 30.3 Å². The molecule has 1 amide bonds. The molecular formula is C25H30N4O5. The fourth-order valence-corrected chi connectivity index (χ4v) is 3.59. The second-order valence-corrected chi connectivity index (χ2v) is 8.76. The van der Waals surface area contributed by atoms with Gasteiger partial charge in [-0.1, -0.05) is 36.3 Å². The van der Waals surface area contributed by atoms with Gasteiger partial charge in [-0.05, 0) is 27.7 Å². The van der Waals surface area contributed by atoms with Gasteiger partial charge in [0.15, 0.2) is 5.69 Å². The van der Waals surface area contributed by atoms with E-state index in [0.29, 0.717) is 37.7 Å². The summed E-state index contributed by atoms with van der Waals surface area (Å²) in [4.78, 5) is 46.6. The van der Waals surface area contributed by atoms with E-state index in [0.717, 1.165) is 0 Å². The van der Waals surface area contributed by atoms with E-state index in [4.69, 9.17) is 9.47 Å². The van der Waals surface area contributed by atoms with Crippen LogP contribution in [0.2, 0.25) is 0 Å². The average molecular weight is 467 g/mol. The largest absolute Gasteiger partial charge is 0.464 e. The number of benzene rings is 1. The first-order valence-electron chi connectivity index (χ1n) is 11.1. The second kappa shape index (κ2) is 10.4. The third kappa shape index (κ3) is 5.57. The number of hydrogen-bond donors (Lipinski definition) is 0. The molecule has 3 rings (SSSR count). The molecule has 9 heteroatoms. The highest BCUT2D eigenvalue weighted by atomic mass is 16.6. The molecule has 2 heterocycles. The van der Waals surface area contributed by atoms with Gasteiger partial charge in [-0.15, -0.1) is 5.92 Å². The van der Waals surface area contributed by atoms with E-state index in [-0.39, 0.29) is 29.8 Å². The number of piperazine rings is 1. The van der Waals surface area contributed by atoms with Gasteiger partial charge >= 0.3 is 12.1 Å². The third-order valence-corrected chi connectivity index (χ3v) is 5.21. The quantitative estimate of drug-likeness (QED) is 0.380. The van der Waals surface area contributed by atoms with Crippen LogP contribution in [-0.4, -0.2) is 71.2 Å². The van der Waals surface area contributed by atoms with E-state index in [1.165, 1.54) is 7.11 Å². The zero-order valence-electron chi connectivity index (χ0n) is 20.3. The highest BCUT2D eigenvalue weighted by Crippen LogP contribution is 2.25. The topological polar surface area (TPSA) is 94.0 Å². The van der Waals surface area contributed by atoms with E-state index in [9.17, 15) is 14.4 Å². The summed E-state index contributed by atoms with van der Waals surface area (Å²) < 4.78 is 12.1. The molecule has 9 nitrogen and oxygen atoms in total. The Bertz CT molecular complexity index is 1110. The summed E-state index contributed by atoms with van der Waals surface area (Å²) >= 11 is 0. The fraction of sp³-hybridized carbons (Fsp3) is 0.440. The highest BCUT2D eigenvalue weighted by molar-refractivity contribution is 6.13. The van der Waals surface area contributed by atoms with Crippen molar-refractivity contribution in [3.8, 4) is 11.8 Å². The third-order valence-electron chi connectivity index (χ3n) is 5.21. The lowest BCUT2D eigenvalue weighted by atomic mass is 10.1. The van der Waals surface area contributed by atoms with Crippen LogP contribution >= 0.6 is 0 Å². The number of carbonyl (C=O) groups excluding carboxylic acids is 3. The molecule has 0 aliphatic carbocycles. The normalized spacial score (nSPS) is 13.7. The van der Waals surface area contributed by atoms with Crippen LogP contribution in [0.1, 0.15) is 54.2 Å². The van der Waals surface area contributed by atoms with E-state index in [1.807, 2.05) is 31.7 Å². The molecule has 0 saturated carbocycles. The zero-order chi connectivity index (χ0) is 24.9. The lowest BCUT2D eigenvalue weighted by Crippen LogP contribution is -2.50. The van der Waals surface area contributed by atoms with Gasteiger partial charge < -0.3 is 19.3 Å². The molecule has 1 aliphatic rings. The number of hydrogen-bond acceptors (Lipinski definition) is 7. The Hall–Kier alpha value is -3.80. The van der Waals surface area contributed by atoms with Crippen LogP contribution < -0.4 is 4.90 Å².